The molecule has 4 heterocycles. The summed E-state index contributed by atoms with van der Waals surface area (Å²) in [5.74, 6) is 0. The van der Waals surface area contributed by atoms with Crippen LogP contribution < -0.4 is 5.73 Å². The maximum Gasteiger partial charge on any atom is 0.0937 e. The van der Waals surface area contributed by atoms with Crippen LogP contribution in [0.25, 0.3) is 94.5 Å². The Kier molecular flexibility index (Phi) is 7.37. The minimum Gasteiger partial charge on any atom is -0.396 e. The summed E-state index contributed by atoms with van der Waals surface area (Å²) in [5.41, 5.74) is 20.3. The molecule has 5 heteroatoms. The van der Waals surface area contributed by atoms with Gasteiger partial charge in [0.15, 0.2) is 0 Å². The fourth-order valence-corrected chi connectivity index (χ4v) is 6.84. The molecule has 0 unspecified atom stereocenters. The topological polar surface area (TPSA) is 77.6 Å². The first kappa shape index (κ1) is 30.1. The molecule has 4 aromatic heterocycles. The maximum atomic E-state index is 6.62. The van der Waals surface area contributed by atoms with Crippen molar-refractivity contribution in [2.24, 2.45) is 0 Å². The highest BCUT2D eigenvalue weighted by atomic mass is 14.7. The molecule has 0 atom stereocenters. The first-order valence-electron chi connectivity index (χ1n) is 16.9. The molecule has 0 aliphatic heterocycles. The minimum atomic E-state index is 0.658. The highest BCUT2D eigenvalue weighted by molar-refractivity contribution is 6.00. The van der Waals surface area contributed by atoms with Crippen molar-refractivity contribution in [3.05, 3.63) is 170 Å². The minimum absolute atomic E-state index is 0.658. The molecule has 0 bridgehead atoms. The van der Waals surface area contributed by atoms with Crippen molar-refractivity contribution in [3.8, 4) is 44.8 Å². The third kappa shape index (κ3) is 5.57. The molecule has 5 nitrogen and oxygen atoms in total. The Hall–Kier alpha value is -6.98. The number of benzene rings is 5. The largest absolute Gasteiger partial charge is 0.396 e. The molecule has 0 amide bonds. The Morgan fingerprint density at radius 3 is 1.75 bits per heavy atom. The molecule has 51 heavy (non-hydrogen) atoms. The van der Waals surface area contributed by atoms with E-state index >= 15 is 0 Å². The van der Waals surface area contributed by atoms with Gasteiger partial charge in [0.25, 0.3) is 0 Å². The van der Waals surface area contributed by atoms with Crippen LogP contribution in [0.5, 0.6) is 0 Å². The molecule has 0 saturated heterocycles. The van der Waals surface area contributed by atoms with Gasteiger partial charge in [-0.15, -0.1) is 0 Å². The molecule has 2 N–H and O–H groups in total. The molecule has 0 fully saturated rings. The Balaban J connectivity index is 0.992. The monoisotopic (exact) mass is 653 g/mol. The van der Waals surface area contributed by atoms with Gasteiger partial charge >= 0.3 is 0 Å². The van der Waals surface area contributed by atoms with Gasteiger partial charge < -0.3 is 5.73 Å². The number of hydrogen-bond acceptors (Lipinski definition) is 5. The van der Waals surface area contributed by atoms with Crippen molar-refractivity contribution in [1.82, 2.24) is 19.9 Å². The molecular weight excluding hydrogens is 623 g/mol. The summed E-state index contributed by atoms with van der Waals surface area (Å²) in [7, 11) is 0. The van der Waals surface area contributed by atoms with Crippen LogP contribution in [0.15, 0.2) is 165 Å². The van der Waals surface area contributed by atoms with Crippen LogP contribution in [0.2, 0.25) is 0 Å². The standard InChI is InChI=1S/C46H31N5/c1-2-3-8-38-39(28-37-7-5-24-49-46(37)45(38)47)29-9-11-30(12-10-29)41-21-16-34-25-31(13-19-42(34)50-41)32-14-20-43-35(26-32)17-22-44(51-43)36-15-18-40-33(27-36)6-4-23-48-40/h2-28H,1,47H2/b8-3-. The molecule has 0 spiro atoms. The van der Waals surface area contributed by atoms with Gasteiger partial charge in [0.2, 0.25) is 0 Å². The summed E-state index contributed by atoms with van der Waals surface area (Å²) in [6.45, 7) is 3.83. The van der Waals surface area contributed by atoms with Crippen molar-refractivity contribution in [2.45, 2.75) is 0 Å². The average Bonchev–Trinajstić information content (AvgIpc) is 3.19. The molecule has 0 radical (unpaired) electrons. The fourth-order valence-electron chi connectivity index (χ4n) is 6.84. The second-order valence-corrected chi connectivity index (χ2v) is 12.6. The van der Waals surface area contributed by atoms with E-state index in [0.717, 1.165) is 93.9 Å². The number of nitrogens with zero attached hydrogens (tertiary/aromatic N) is 4. The highest BCUT2D eigenvalue weighted by Gasteiger charge is 2.13. The van der Waals surface area contributed by atoms with E-state index in [2.05, 4.69) is 132 Å². The van der Waals surface area contributed by atoms with E-state index in [-0.39, 0.29) is 0 Å². The number of nitrogen functional groups attached to an aromatic ring is 1. The second-order valence-electron chi connectivity index (χ2n) is 12.6. The average molecular weight is 654 g/mol. The summed E-state index contributed by atoms with van der Waals surface area (Å²) < 4.78 is 0. The maximum absolute atomic E-state index is 6.62. The van der Waals surface area contributed by atoms with Crippen molar-refractivity contribution in [1.29, 1.82) is 0 Å². The number of allylic oxidation sites excluding steroid dienone is 2. The molecule has 0 aliphatic rings. The lowest BCUT2D eigenvalue weighted by molar-refractivity contribution is 1.39. The zero-order valence-electron chi connectivity index (χ0n) is 27.7. The zero-order valence-corrected chi connectivity index (χ0v) is 27.7. The predicted octanol–water partition coefficient (Wildman–Crippen LogP) is 11.3. The van der Waals surface area contributed by atoms with E-state index in [1.54, 1.807) is 12.3 Å². The zero-order chi connectivity index (χ0) is 34.3. The van der Waals surface area contributed by atoms with Crippen LogP contribution in [0.4, 0.5) is 5.69 Å². The quantitative estimate of drug-likeness (QED) is 0.143. The summed E-state index contributed by atoms with van der Waals surface area (Å²) in [5, 5.41) is 4.30. The Bertz CT molecular complexity index is 2840. The van der Waals surface area contributed by atoms with Crippen molar-refractivity contribution in [2.75, 3.05) is 5.73 Å². The molecule has 0 saturated carbocycles. The molecule has 0 aliphatic carbocycles. The van der Waals surface area contributed by atoms with Gasteiger partial charge in [-0.05, 0) is 89.0 Å². The van der Waals surface area contributed by atoms with Gasteiger partial charge in [0.05, 0.1) is 39.1 Å². The normalized spacial score (nSPS) is 11.6. The lowest BCUT2D eigenvalue weighted by Crippen LogP contribution is -1.96. The summed E-state index contributed by atoms with van der Waals surface area (Å²) in [6, 6.07) is 46.3. The van der Waals surface area contributed by atoms with Crippen LogP contribution in [-0.2, 0) is 0 Å². The van der Waals surface area contributed by atoms with Crippen molar-refractivity contribution in [3.63, 3.8) is 0 Å². The van der Waals surface area contributed by atoms with E-state index in [0.29, 0.717) is 5.69 Å². The van der Waals surface area contributed by atoms with Gasteiger partial charge in [0, 0.05) is 50.6 Å². The molecule has 9 aromatic rings. The van der Waals surface area contributed by atoms with Gasteiger partial charge in [-0.2, -0.15) is 0 Å². The van der Waals surface area contributed by atoms with E-state index in [1.165, 1.54) is 0 Å². The first-order valence-corrected chi connectivity index (χ1v) is 16.9. The van der Waals surface area contributed by atoms with E-state index in [4.69, 9.17) is 15.7 Å². The molecule has 9 rings (SSSR count). The number of anilines is 1. The van der Waals surface area contributed by atoms with E-state index in [1.807, 2.05) is 36.5 Å². The highest BCUT2D eigenvalue weighted by Crippen LogP contribution is 2.36. The van der Waals surface area contributed by atoms with Crippen molar-refractivity contribution < 1.29 is 0 Å². The predicted molar refractivity (Wildman–Crippen MR) is 213 cm³/mol. The van der Waals surface area contributed by atoms with Crippen LogP contribution >= 0.6 is 0 Å². The molecule has 5 aromatic carbocycles. The SMILES string of the molecule is C=C/C=C\c1c(-c2ccc(-c3ccc4cc(-c5ccc6nc(-c7ccc8ncccc8c7)ccc6c5)ccc4n3)cc2)cc2cccnc2c1N. The van der Waals surface area contributed by atoms with Crippen LogP contribution in [0.1, 0.15) is 5.56 Å². The van der Waals surface area contributed by atoms with Crippen LogP contribution in [0, 0.1) is 0 Å². The van der Waals surface area contributed by atoms with Crippen LogP contribution in [0.3, 0.4) is 0 Å². The summed E-state index contributed by atoms with van der Waals surface area (Å²) in [6.07, 6.45) is 9.24. The lowest BCUT2D eigenvalue weighted by atomic mass is 9.94. The number of pyridine rings is 4. The van der Waals surface area contributed by atoms with Gasteiger partial charge in [0.1, 0.15) is 0 Å². The third-order valence-electron chi connectivity index (χ3n) is 9.48. The number of nitrogens with two attached hydrogens (primary N) is 1. The molecular formula is C46H31N5. The lowest BCUT2D eigenvalue weighted by Gasteiger charge is -2.13. The van der Waals surface area contributed by atoms with Gasteiger partial charge in [-0.25, -0.2) is 9.97 Å². The summed E-state index contributed by atoms with van der Waals surface area (Å²) in [4.78, 5) is 19.0. The Morgan fingerprint density at radius 2 is 1.04 bits per heavy atom. The van der Waals surface area contributed by atoms with Gasteiger partial charge in [-0.3, -0.25) is 9.97 Å². The molecule has 240 valence electrons. The van der Waals surface area contributed by atoms with Crippen molar-refractivity contribution >= 4 is 55.4 Å². The van der Waals surface area contributed by atoms with E-state index in [9.17, 15) is 0 Å². The van der Waals surface area contributed by atoms with E-state index < -0.39 is 0 Å². The fraction of sp³-hybridized carbons (Fsp3) is 0. The van der Waals surface area contributed by atoms with Gasteiger partial charge in [-0.1, -0.05) is 91.5 Å². The summed E-state index contributed by atoms with van der Waals surface area (Å²) >= 11 is 0. The number of hydrogen-bond donors (Lipinski definition) is 1. The number of fused-ring (bicyclic) bond motifs is 4. The number of aromatic nitrogens is 4. The Morgan fingerprint density at radius 1 is 0.490 bits per heavy atom. The third-order valence-corrected chi connectivity index (χ3v) is 9.48. The number of rotatable bonds is 6. The first-order chi connectivity index (χ1) is 25.1. The van der Waals surface area contributed by atoms with Crippen LogP contribution in [-0.4, -0.2) is 19.9 Å². The smallest absolute Gasteiger partial charge is 0.0937 e. The Labute approximate surface area is 295 Å². The second kappa shape index (κ2) is 12.5.